The first-order chi connectivity index (χ1) is 17.9. The Morgan fingerprint density at radius 1 is 1.26 bits per heavy atom. The third kappa shape index (κ3) is 5.79. The summed E-state index contributed by atoms with van der Waals surface area (Å²) in [7, 11) is 0. The molecule has 0 aliphatic carbocycles. The predicted molar refractivity (Wildman–Crippen MR) is 133 cm³/mol. The van der Waals surface area contributed by atoms with E-state index >= 15 is 0 Å². The highest BCUT2D eigenvalue weighted by Gasteiger charge is 2.54. The second-order valence-electron chi connectivity index (χ2n) is 8.08. The van der Waals surface area contributed by atoms with Crippen LogP contribution in [0, 0.1) is 6.92 Å². The number of carboxylic acid groups (broad SMARTS) is 1. The molecule has 2 unspecified atom stereocenters. The average molecular weight is 589 g/mol. The molecule has 11 nitrogen and oxygen atoms in total. The van der Waals surface area contributed by atoms with Crippen LogP contribution in [-0.2, 0) is 19.2 Å². The molecule has 0 bridgehead atoms. The van der Waals surface area contributed by atoms with Gasteiger partial charge < -0.3 is 21.5 Å². The second kappa shape index (κ2) is 10.9. The van der Waals surface area contributed by atoms with Gasteiger partial charge in [0.25, 0.3) is 5.91 Å². The van der Waals surface area contributed by atoms with Crippen molar-refractivity contribution < 1.29 is 37.5 Å². The van der Waals surface area contributed by atoms with Crippen molar-refractivity contribution in [1.29, 1.82) is 0 Å². The first-order valence-corrected chi connectivity index (χ1v) is 13.6. The van der Waals surface area contributed by atoms with Crippen molar-refractivity contribution >= 4 is 64.2 Å². The van der Waals surface area contributed by atoms with Gasteiger partial charge in [0, 0.05) is 17.2 Å². The van der Waals surface area contributed by atoms with Crippen molar-refractivity contribution in [2.45, 2.75) is 34.9 Å². The Labute approximate surface area is 225 Å². The van der Waals surface area contributed by atoms with E-state index in [0.29, 0.717) is 21.4 Å². The number of β-lactam (4-membered cyclic amide) rings is 1. The van der Waals surface area contributed by atoms with Gasteiger partial charge in [-0.25, -0.2) is 4.79 Å². The van der Waals surface area contributed by atoms with Gasteiger partial charge in [-0.05, 0) is 30.2 Å². The van der Waals surface area contributed by atoms with Crippen LogP contribution in [0.15, 0.2) is 39.9 Å². The zero-order valence-corrected chi connectivity index (χ0v) is 21.8. The van der Waals surface area contributed by atoms with Crippen LogP contribution in [0.5, 0.6) is 0 Å². The van der Waals surface area contributed by atoms with Gasteiger partial charge in [-0.3, -0.25) is 19.3 Å². The Bertz CT molecular complexity index is 1320. The molecule has 2 aromatic rings. The van der Waals surface area contributed by atoms with E-state index in [0.717, 1.165) is 22.0 Å². The number of carboxylic acids is 1. The molecular formula is C21H19F3N6O5S3. The molecule has 4 rings (SSSR count). The van der Waals surface area contributed by atoms with Crippen LogP contribution in [0.2, 0.25) is 0 Å². The van der Waals surface area contributed by atoms with Gasteiger partial charge in [-0.2, -0.15) is 13.2 Å². The fourth-order valence-electron chi connectivity index (χ4n) is 3.65. The number of benzene rings is 1. The molecule has 3 heterocycles. The van der Waals surface area contributed by atoms with E-state index in [9.17, 15) is 37.5 Å². The second-order valence-corrected chi connectivity index (χ2v) is 11.6. The van der Waals surface area contributed by atoms with E-state index in [1.54, 1.807) is 12.2 Å². The Morgan fingerprint density at radius 3 is 2.53 bits per heavy atom. The smallest absolute Gasteiger partial charge is 0.471 e. The summed E-state index contributed by atoms with van der Waals surface area (Å²) in [4.78, 5) is 49.8. The molecule has 0 spiro atoms. The maximum atomic E-state index is 12.9. The van der Waals surface area contributed by atoms with Gasteiger partial charge in [0.15, 0.2) is 4.34 Å². The largest absolute Gasteiger partial charge is 0.477 e. The number of fused-ring (bicyclic) bond motifs is 1. The number of hydrogen-bond acceptors (Lipinski definition) is 10. The number of nitrogens with two attached hydrogens (primary N) is 1. The number of nitrogens with one attached hydrogen (secondary N) is 2. The number of alkyl halides is 3. The fraction of sp³-hybridized carbons (Fsp3) is 0.333. The van der Waals surface area contributed by atoms with E-state index in [-0.39, 0.29) is 16.9 Å². The lowest BCUT2D eigenvalue weighted by Crippen LogP contribution is -2.71. The summed E-state index contributed by atoms with van der Waals surface area (Å²) in [5, 5.41) is 22.1. The summed E-state index contributed by atoms with van der Waals surface area (Å²) in [6.45, 7) is 1.80. The normalized spacial score (nSPS) is 19.9. The maximum Gasteiger partial charge on any atom is 0.471 e. The molecule has 1 aromatic heterocycles. The number of hydrogen-bond donors (Lipinski definition) is 4. The van der Waals surface area contributed by atoms with E-state index in [1.165, 1.54) is 47.0 Å². The zero-order valence-electron chi connectivity index (χ0n) is 19.3. The summed E-state index contributed by atoms with van der Waals surface area (Å²) < 4.78 is 37.9. The highest BCUT2D eigenvalue weighted by Crippen LogP contribution is 2.42. The lowest BCUT2D eigenvalue weighted by atomic mass is 10.0. The number of aliphatic carboxylic acids is 1. The molecule has 3 atom stereocenters. The molecule has 0 saturated carbocycles. The van der Waals surface area contributed by atoms with Crippen LogP contribution < -0.4 is 16.4 Å². The van der Waals surface area contributed by atoms with E-state index < -0.39 is 47.3 Å². The third-order valence-corrected chi connectivity index (χ3v) is 8.89. The van der Waals surface area contributed by atoms with Gasteiger partial charge >= 0.3 is 18.1 Å². The minimum Gasteiger partial charge on any atom is -0.477 e. The molecule has 1 saturated heterocycles. The fourth-order valence-corrected chi connectivity index (χ4v) is 6.95. The van der Waals surface area contributed by atoms with Gasteiger partial charge in [-0.1, -0.05) is 35.2 Å². The standard InChI is InChI=1S/C21H19F3N6O5S3/c1-8-28-29-20(38-8)37-7-10-6-36-17-13(16(32)30(17)14(10)18(33)34)27-15(31)12(25)9-2-4-11(5-3-9)26-19(35)21(22,23)24/h2-5,12-13,17H,6-7,25H2,1H3,(H,26,35)(H,27,31)(H,33,34)/t12?,13?,17-/m1/s1. The highest BCUT2D eigenvalue weighted by molar-refractivity contribution is 8.01. The molecule has 1 fully saturated rings. The Kier molecular flexibility index (Phi) is 8.01. The monoisotopic (exact) mass is 588 g/mol. The lowest BCUT2D eigenvalue weighted by molar-refractivity contribution is -0.167. The molecule has 202 valence electrons. The van der Waals surface area contributed by atoms with Gasteiger partial charge in [0.05, 0.1) is 0 Å². The molecule has 38 heavy (non-hydrogen) atoms. The molecule has 2 aliphatic rings. The van der Waals surface area contributed by atoms with E-state index in [4.69, 9.17) is 5.73 Å². The topological polar surface area (TPSA) is 168 Å². The number of carbonyl (C=O) groups excluding carboxylic acids is 3. The first-order valence-electron chi connectivity index (χ1n) is 10.7. The van der Waals surface area contributed by atoms with E-state index in [2.05, 4.69) is 15.5 Å². The minimum atomic E-state index is -5.05. The van der Waals surface area contributed by atoms with Crippen LogP contribution in [0.1, 0.15) is 16.6 Å². The number of amides is 3. The molecule has 1 aromatic carbocycles. The van der Waals surface area contributed by atoms with Gasteiger partial charge in [0.2, 0.25) is 5.91 Å². The molecule has 3 amide bonds. The van der Waals surface area contributed by atoms with Crippen molar-refractivity contribution in [2.24, 2.45) is 5.73 Å². The van der Waals surface area contributed by atoms with Crippen LogP contribution in [-0.4, -0.2) is 73.0 Å². The number of rotatable bonds is 8. The molecular weight excluding hydrogens is 569 g/mol. The zero-order chi connectivity index (χ0) is 27.8. The molecule has 5 N–H and O–H groups in total. The van der Waals surface area contributed by atoms with Crippen molar-refractivity contribution in [3.05, 3.63) is 46.1 Å². The molecule has 0 radical (unpaired) electrons. The van der Waals surface area contributed by atoms with Crippen molar-refractivity contribution in [1.82, 2.24) is 20.4 Å². The number of carbonyl (C=O) groups is 4. The van der Waals surface area contributed by atoms with Crippen LogP contribution in [0.3, 0.4) is 0 Å². The molecule has 17 heteroatoms. The Hall–Kier alpha value is -3.15. The van der Waals surface area contributed by atoms with Crippen molar-refractivity contribution in [3.63, 3.8) is 0 Å². The predicted octanol–water partition coefficient (Wildman–Crippen LogP) is 1.88. The third-order valence-electron chi connectivity index (χ3n) is 5.49. The minimum absolute atomic E-state index is 0.126. The maximum absolute atomic E-state index is 12.9. The summed E-state index contributed by atoms with van der Waals surface area (Å²) in [5.41, 5.74) is 6.47. The quantitative estimate of drug-likeness (QED) is 0.264. The number of aromatic nitrogens is 2. The number of thioether (sulfide) groups is 2. The first kappa shape index (κ1) is 27.9. The number of anilines is 1. The Balaban J connectivity index is 1.39. The van der Waals surface area contributed by atoms with Gasteiger partial charge in [0.1, 0.15) is 28.2 Å². The highest BCUT2D eigenvalue weighted by atomic mass is 32.2. The van der Waals surface area contributed by atoms with Crippen LogP contribution >= 0.6 is 34.9 Å². The lowest BCUT2D eigenvalue weighted by Gasteiger charge is -2.49. The van der Waals surface area contributed by atoms with Crippen LogP contribution in [0.25, 0.3) is 0 Å². The number of nitrogens with zero attached hydrogens (tertiary/aromatic N) is 3. The Morgan fingerprint density at radius 2 is 1.95 bits per heavy atom. The summed E-state index contributed by atoms with van der Waals surface area (Å²) in [6.07, 6.45) is -5.05. The van der Waals surface area contributed by atoms with Crippen LogP contribution in [0.4, 0.5) is 18.9 Å². The SMILES string of the molecule is Cc1nnc(SCC2=C(C(=O)O)N3C(=O)C(NC(=O)C(N)c4ccc(NC(=O)C(F)(F)F)cc4)[C@H]3SC2)s1. The van der Waals surface area contributed by atoms with E-state index in [1.807, 2.05) is 0 Å². The number of aryl methyl sites for hydroxylation is 1. The summed E-state index contributed by atoms with van der Waals surface area (Å²) in [5.74, 6) is -4.10. The summed E-state index contributed by atoms with van der Waals surface area (Å²) in [6, 6.07) is 2.59. The number of halogens is 3. The van der Waals surface area contributed by atoms with Gasteiger partial charge in [-0.15, -0.1) is 22.0 Å². The molecule has 2 aliphatic heterocycles. The van der Waals surface area contributed by atoms with Crippen molar-refractivity contribution in [3.8, 4) is 0 Å². The van der Waals surface area contributed by atoms with Crippen molar-refractivity contribution in [2.75, 3.05) is 16.8 Å². The average Bonchev–Trinajstić information content (AvgIpc) is 3.29. The summed E-state index contributed by atoms with van der Waals surface area (Å²) >= 11 is 4.00.